The Bertz CT molecular complexity index is 1390. The van der Waals surface area contributed by atoms with Crippen molar-refractivity contribution in [1.29, 1.82) is 0 Å². The van der Waals surface area contributed by atoms with E-state index < -0.39 is 11.2 Å². The second-order valence-corrected chi connectivity index (χ2v) is 9.35. The molecule has 9 heteroatoms. The molecule has 0 spiro atoms. The molecule has 2 N–H and O–H groups in total. The van der Waals surface area contributed by atoms with Crippen LogP contribution in [0.2, 0.25) is 0 Å². The molecule has 2 aromatic heterocycles. The van der Waals surface area contributed by atoms with Gasteiger partial charge in [0.1, 0.15) is 0 Å². The molecule has 1 aliphatic rings. The molecule has 34 heavy (non-hydrogen) atoms. The number of hydrogen-bond donors (Lipinski definition) is 1. The number of ketones is 1. The first kappa shape index (κ1) is 23.7. The average molecular weight is 465 g/mol. The van der Waals surface area contributed by atoms with Crippen LogP contribution in [0, 0.1) is 6.92 Å². The maximum absolute atomic E-state index is 13.6. The molecule has 0 saturated carbocycles. The predicted molar refractivity (Wildman–Crippen MR) is 134 cm³/mol. The van der Waals surface area contributed by atoms with Gasteiger partial charge in [-0.2, -0.15) is 4.98 Å². The van der Waals surface area contributed by atoms with Gasteiger partial charge in [0.05, 0.1) is 6.54 Å². The quantitative estimate of drug-likeness (QED) is 0.441. The fourth-order valence-corrected chi connectivity index (χ4v) is 4.43. The summed E-state index contributed by atoms with van der Waals surface area (Å²) in [4.78, 5) is 46.5. The van der Waals surface area contributed by atoms with E-state index in [-0.39, 0.29) is 18.4 Å². The molecule has 0 aliphatic carbocycles. The lowest BCUT2D eigenvalue weighted by atomic mass is 10.1. The third-order valence-corrected chi connectivity index (χ3v) is 6.28. The van der Waals surface area contributed by atoms with E-state index in [1.54, 1.807) is 25.2 Å². The van der Waals surface area contributed by atoms with Crippen molar-refractivity contribution < 1.29 is 4.79 Å². The molecular weight excluding hydrogens is 432 g/mol. The van der Waals surface area contributed by atoms with Crippen molar-refractivity contribution in [2.45, 2.75) is 52.7 Å². The van der Waals surface area contributed by atoms with Crippen molar-refractivity contribution in [3.8, 4) is 0 Å². The zero-order valence-corrected chi connectivity index (χ0v) is 20.2. The molecule has 1 fully saturated rings. The van der Waals surface area contributed by atoms with Crippen molar-refractivity contribution in [1.82, 2.24) is 18.7 Å². The number of imidazole rings is 1. The van der Waals surface area contributed by atoms with E-state index >= 15 is 0 Å². The van der Waals surface area contributed by atoms with Crippen LogP contribution in [0.5, 0.6) is 0 Å². The third kappa shape index (κ3) is 4.48. The minimum atomic E-state index is -0.563. The fraction of sp³-hybridized carbons (Fsp3) is 0.440. The highest BCUT2D eigenvalue weighted by molar-refractivity contribution is 5.96. The van der Waals surface area contributed by atoms with Gasteiger partial charge < -0.3 is 15.2 Å². The van der Waals surface area contributed by atoms with Crippen molar-refractivity contribution in [2.75, 3.05) is 18.0 Å². The SMILES string of the molecule is CC(C)=CCn1c(N2CCCC(N)C2)nc2c1c(=O)n(CC(=O)c1cccc(C)c1)c(=O)n2C. The van der Waals surface area contributed by atoms with Gasteiger partial charge >= 0.3 is 5.69 Å². The Balaban J connectivity index is 1.88. The molecule has 1 aliphatic heterocycles. The molecule has 1 aromatic carbocycles. The minimum absolute atomic E-state index is 0.0258. The van der Waals surface area contributed by atoms with E-state index in [2.05, 4.69) is 4.90 Å². The number of nitrogens with zero attached hydrogens (tertiary/aromatic N) is 5. The summed E-state index contributed by atoms with van der Waals surface area (Å²) in [5.74, 6) is 0.331. The lowest BCUT2D eigenvalue weighted by Gasteiger charge is -2.31. The average Bonchev–Trinajstić information content (AvgIpc) is 3.19. The fourth-order valence-electron chi connectivity index (χ4n) is 4.43. The number of Topliss-reactive ketones (excluding diaryl/α,β-unsaturated/α-hetero) is 1. The molecule has 0 radical (unpaired) electrons. The first-order chi connectivity index (χ1) is 16.2. The number of aryl methyl sites for hydroxylation is 2. The van der Waals surface area contributed by atoms with Crippen LogP contribution in [0.4, 0.5) is 5.95 Å². The van der Waals surface area contributed by atoms with Crippen LogP contribution in [-0.2, 0) is 20.1 Å². The molecule has 3 heterocycles. The number of fused-ring (bicyclic) bond motifs is 1. The summed E-state index contributed by atoms with van der Waals surface area (Å²) < 4.78 is 4.21. The molecule has 0 amide bonds. The Morgan fingerprint density at radius 1 is 1.24 bits per heavy atom. The van der Waals surface area contributed by atoms with Gasteiger partial charge in [0.25, 0.3) is 5.56 Å². The lowest BCUT2D eigenvalue weighted by Crippen LogP contribution is -2.44. The highest BCUT2D eigenvalue weighted by Crippen LogP contribution is 2.23. The number of hydrogen-bond acceptors (Lipinski definition) is 6. The number of carbonyl (C=O) groups excluding carboxylic acids is 1. The highest BCUT2D eigenvalue weighted by atomic mass is 16.2. The van der Waals surface area contributed by atoms with Crippen LogP contribution in [0.15, 0.2) is 45.5 Å². The summed E-state index contributed by atoms with van der Waals surface area (Å²) in [6, 6.07) is 7.16. The largest absolute Gasteiger partial charge is 0.341 e. The summed E-state index contributed by atoms with van der Waals surface area (Å²) in [6.07, 6.45) is 3.89. The van der Waals surface area contributed by atoms with Gasteiger partial charge in [-0.3, -0.25) is 18.7 Å². The maximum Gasteiger partial charge on any atom is 0.332 e. The number of anilines is 1. The number of benzene rings is 1. The van der Waals surface area contributed by atoms with Crippen LogP contribution in [0.3, 0.4) is 0 Å². The number of rotatable bonds is 6. The Kier molecular flexibility index (Phi) is 6.56. The van der Waals surface area contributed by atoms with Crippen LogP contribution in [-0.4, -0.2) is 43.6 Å². The zero-order valence-electron chi connectivity index (χ0n) is 20.2. The van der Waals surface area contributed by atoms with Gasteiger partial charge in [0.2, 0.25) is 5.95 Å². The molecule has 1 saturated heterocycles. The van der Waals surface area contributed by atoms with E-state index in [1.165, 1.54) is 4.57 Å². The summed E-state index contributed by atoms with van der Waals surface area (Å²) in [5.41, 5.74) is 8.26. The standard InChI is InChI=1S/C25H32N6O3/c1-16(2)10-12-30-21-22(27-24(30)29-11-6-9-19(26)14-29)28(4)25(34)31(23(21)33)15-20(32)18-8-5-7-17(3)13-18/h5,7-8,10,13,19H,6,9,11-12,14-15,26H2,1-4H3. The van der Waals surface area contributed by atoms with Crippen molar-refractivity contribution >= 4 is 22.9 Å². The molecular formula is C25H32N6O3. The molecule has 180 valence electrons. The van der Waals surface area contributed by atoms with Crippen molar-refractivity contribution in [3.63, 3.8) is 0 Å². The molecule has 0 bridgehead atoms. The molecule has 1 unspecified atom stereocenters. The van der Waals surface area contributed by atoms with Crippen molar-refractivity contribution in [3.05, 3.63) is 67.9 Å². The Morgan fingerprint density at radius 3 is 2.68 bits per heavy atom. The Hall–Kier alpha value is -3.46. The monoisotopic (exact) mass is 464 g/mol. The highest BCUT2D eigenvalue weighted by Gasteiger charge is 2.26. The molecule has 9 nitrogen and oxygen atoms in total. The van der Waals surface area contributed by atoms with E-state index in [4.69, 9.17) is 10.7 Å². The maximum atomic E-state index is 13.6. The van der Waals surface area contributed by atoms with E-state index in [1.807, 2.05) is 37.5 Å². The normalized spacial score (nSPS) is 16.1. The number of piperidine rings is 1. The summed E-state index contributed by atoms with van der Waals surface area (Å²) >= 11 is 0. The minimum Gasteiger partial charge on any atom is -0.341 e. The smallest absolute Gasteiger partial charge is 0.332 e. The molecule has 1 atom stereocenters. The van der Waals surface area contributed by atoms with Gasteiger partial charge in [-0.15, -0.1) is 0 Å². The second kappa shape index (κ2) is 9.42. The number of nitrogens with two attached hydrogens (primary N) is 1. The third-order valence-electron chi connectivity index (χ3n) is 6.28. The summed E-state index contributed by atoms with van der Waals surface area (Å²) in [6.45, 7) is 7.38. The van der Waals surface area contributed by atoms with E-state index in [0.29, 0.717) is 35.8 Å². The summed E-state index contributed by atoms with van der Waals surface area (Å²) in [7, 11) is 1.59. The Morgan fingerprint density at radius 2 is 2.00 bits per heavy atom. The first-order valence-electron chi connectivity index (χ1n) is 11.6. The summed E-state index contributed by atoms with van der Waals surface area (Å²) in [5, 5.41) is 0. The van der Waals surface area contributed by atoms with Gasteiger partial charge in [0, 0.05) is 38.3 Å². The van der Waals surface area contributed by atoms with Gasteiger partial charge in [-0.05, 0) is 39.7 Å². The molecule has 4 rings (SSSR count). The first-order valence-corrected chi connectivity index (χ1v) is 11.6. The van der Waals surface area contributed by atoms with Crippen LogP contribution in [0.25, 0.3) is 11.2 Å². The number of allylic oxidation sites excluding steroid dienone is 2. The van der Waals surface area contributed by atoms with Crippen molar-refractivity contribution in [2.24, 2.45) is 12.8 Å². The molecule has 3 aromatic rings. The van der Waals surface area contributed by atoms with Crippen LogP contribution in [0.1, 0.15) is 42.6 Å². The van der Waals surface area contributed by atoms with Gasteiger partial charge in [-0.25, -0.2) is 4.79 Å². The van der Waals surface area contributed by atoms with E-state index in [0.717, 1.165) is 35.1 Å². The van der Waals surface area contributed by atoms with Crippen LogP contribution < -0.4 is 21.9 Å². The number of carbonyl (C=O) groups is 1. The zero-order chi connectivity index (χ0) is 24.6. The van der Waals surface area contributed by atoms with Gasteiger partial charge in [0.15, 0.2) is 16.9 Å². The van der Waals surface area contributed by atoms with E-state index in [9.17, 15) is 14.4 Å². The predicted octanol–water partition coefficient (Wildman–Crippen LogP) is 1.98. The van der Waals surface area contributed by atoms with Crippen LogP contribution >= 0.6 is 0 Å². The van der Waals surface area contributed by atoms with Gasteiger partial charge in [-0.1, -0.05) is 35.4 Å². The lowest BCUT2D eigenvalue weighted by molar-refractivity contribution is 0.0969. The number of aromatic nitrogens is 4. The topological polar surface area (TPSA) is 108 Å². The second-order valence-electron chi connectivity index (χ2n) is 9.35. The Labute approximate surface area is 198 Å².